The van der Waals surface area contributed by atoms with E-state index in [0.717, 1.165) is 23.7 Å². The van der Waals surface area contributed by atoms with E-state index in [0.29, 0.717) is 30.1 Å². The zero-order valence-corrected chi connectivity index (χ0v) is 19.0. The number of aryl methyl sites for hydroxylation is 1. The van der Waals surface area contributed by atoms with Crippen LogP contribution in [0.3, 0.4) is 0 Å². The predicted molar refractivity (Wildman–Crippen MR) is 120 cm³/mol. The van der Waals surface area contributed by atoms with Crippen molar-refractivity contribution in [3.63, 3.8) is 0 Å². The minimum Gasteiger partial charge on any atom is -0.496 e. The molecule has 0 spiro atoms. The highest BCUT2D eigenvalue weighted by molar-refractivity contribution is 7.92. The number of methoxy groups -OCH3 is 1. The van der Waals surface area contributed by atoms with Gasteiger partial charge in [0.25, 0.3) is 5.91 Å². The van der Waals surface area contributed by atoms with Crippen molar-refractivity contribution in [2.24, 2.45) is 0 Å². The third kappa shape index (κ3) is 4.38. The lowest BCUT2D eigenvalue weighted by atomic mass is 10.1. The normalized spacial score (nSPS) is 14.6. The lowest BCUT2D eigenvalue weighted by Gasteiger charge is -2.37. The number of nitrogens with zero attached hydrogens (tertiary/aromatic N) is 3. The molecule has 0 aromatic heterocycles. The molecule has 1 heterocycles. The molecule has 1 saturated heterocycles. The average molecular weight is 432 g/mol. The lowest BCUT2D eigenvalue weighted by Crippen LogP contribution is -2.49. The first-order valence-corrected chi connectivity index (χ1v) is 11.7. The van der Waals surface area contributed by atoms with Gasteiger partial charge >= 0.3 is 0 Å². The maximum absolute atomic E-state index is 13.2. The van der Waals surface area contributed by atoms with E-state index < -0.39 is 10.0 Å². The van der Waals surface area contributed by atoms with Crippen molar-refractivity contribution in [3.05, 3.63) is 53.1 Å². The molecule has 0 radical (unpaired) electrons. The second-order valence-electron chi connectivity index (χ2n) is 7.61. The van der Waals surface area contributed by atoms with E-state index in [1.54, 1.807) is 23.1 Å². The highest BCUT2D eigenvalue weighted by Gasteiger charge is 2.26. The molecule has 30 heavy (non-hydrogen) atoms. The monoisotopic (exact) mass is 431 g/mol. The number of benzene rings is 2. The van der Waals surface area contributed by atoms with Gasteiger partial charge in [0.15, 0.2) is 0 Å². The summed E-state index contributed by atoms with van der Waals surface area (Å²) < 4.78 is 30.3. The molecular weight excluding hydrogens is 402 g/mol. The quantitative estimate of drug-likeness (QED) is 0.728. The van der Waals surface area contributed by atoms with Gasteiger partial charge in [0.1, 0.15) is 5.75 Å². The number of carbonyl (C=O) groups is 1. The topological polar surface area (TPSA) is 70.2 Å². The fourth-order valence-electron chi connectivity index (χ4n) is 3.65. The lowest BCUT2D eigenvalue weighted by molar-refractivity contribution is 0.0743. The molecule has 8 heteroatoms. The Morgan fingerprint density at radius 1 is 1.07 bits per heavy atom. The molecule has 162 valence electrons. The SMILES string of the molecule is COc1ccc(N(C)S(C)(=O)=O)cc1C(=O)N1CCN(c2cccc(C)c2C)CC1. The van der Waals surface area contributed by atoms with Gasteiger partial charge in [-0.1, -0.05) is 12.1 Å². The Bertz CT molecular complexity index is 1040. The highest BCUT2D eigenvalue weighted by Crippen LogP contribution is 2.28. The van der Waals surface area contributed by atoms with Crippen LogP contribution in [-0.4, -0.2) is 65.8 Å². The summed E-state index contributed by atoms with van der Waals surface area (Å²) in [6, 6.07) is 11.1. The molecule has 0 unspecified atom stereocenters. The van der Waals surface area contributed by atoms with Gasteiger partial charge < -0.3 is 14.5 Å². The number of hydrogen-bond acceptors (Lipinski definition) is 5. The van der Waals surface area contributed by atoms with Crippen LogP contribution < -0.4 is 13.9 Å². The Morgan fingerprint density at radius 3 is 2.33 bits per heavy atom. The molecule has 3 rings (SSSR count). The number of anilines is 2. The second-order valence-corrected chi connectivity index (χ2v) is 9.63. The van der Waals surface area contributed by atoms with Gasteiger partial charge in [-0.05, 0) is 49.2 Å². The fraction of sp³-hybridized carbons (Fsp3) is 0.409. The van der Waals surface area contributed by atoms with Gasteiger partial charge in [-0.3, -0.25) is 9.10 Å². The van der Waals surface area contributed by atoms with Crippen molar-refractivity contribution in [2.75, 3.05) is 55.8 Å². The van der Waals surface area contributed by atoms with Crippen molar-refractivity contribution in [1.29, 1.82) is 0 Å². The van der Waals surface area contributed by atoms with Crippen LogP contribution in [0, 0.1) is 13.8 Å². The summed E-state index contributed by atoms with van der Waals surface area (Å²) in [6.07, 6.45) is 1.13. The second kappa shape index (κ2) is 8.55. The average Bonchev–Trinajstić information content (AvgIpc) is 2.73. The van der Waals surface area contributed by atoms with Gasteiger partial charge in [-0.25, -0.2) is 8.42 Å². The van der Waals surface area contributed by atoms with Crippen LogP contribution in [0.1, 0.15) is 21.5 Å². The molecule has 1 aliphatic heterocycles. The molecule has 1 amide bonds. The molecule has 0 atom stereocenters. The molecule has 0 saturated carbocycles. The number of ether oxygens (including phenoxy) is 1. The van der Waals surface area contributed by atoms with Gasteiger partial charge in [-0.15, -0.1) is 0 Å². The van der Waals surface area contributed by atoms with Crippen LogP contribution in [0.5, 0.6) is 5.75 Å². The number of amides is 1. The summed E-state index contributed by atoms with van der Waals surface area (Å²) in [5.74, 6) is 0.277. The number of hydrogen-bond donors (Lipinski definition) is 0. The first kappa shape index (κ1) is 22.0. The molecule has 1 fully saturated rings. The Labute approximate surface area is 178 Å². The van der Waals surface area contributed by atoms with Crippen LogP contribution >= 0.6 is 0 Å². The maximum atomic E-state index is 13.2. The number of sulfonamides is 1. The van der Waals surface area contributed by atoms with Crippen molar-refractivity contribution in [2.45, 2.75) is 13.8 Å². The van der Waals surface area contributed by atoms with Crippen LogP contribution in [0.4, 0.5) is 11.4 Å². The third-order valence-electron chi connectivity index (χ3n) is 5.76. The Kier molecular flexibility index (Phi) is 6.26. The minimum atomic E-state index is -3.43. The summed E-state index contributed by atoms with van der Waals surface area (Å²) in [6.45, 7) is 6.87. The number of carbonyl (C=O) groups excluding carboxylic acids is 1. The summed E-state index contributed by atoms with van der Waals surface area (Å²) in [7, 11) is -0.456. The van der Waals surface area contributed by atoms with E-state index in [1.165, 1.54) is 31.0 Å². The standard InChI is InChI=1S/C22H29N3O4S/c1-16-7-6-8-20(17(16)2)24-11-13-25(14-12-24)22(26)19-15-18(9-10-21(19)29-4)23(3)30(5,27)28/h6-10,15H,11-14H2,1-5H3. The van der Waals surface area contributed by atoms with Crippen LogP contribution in [0.15, 0.2) is 36.4 Å². The fourth-order valence-corrected chi connectivity index (χ4v) is 4.15. The molecule has 0 bridgehead atoms. The van der Waals surface area contributed by atoms with E-state index >= 15 is 0 Å². The number of rotatable bonds is 5. The van der Waals surface area contributed by atoms with Gasteiger partial charge in [0.2, 0.25) is 10.0 Å². The summed E-state index contributed by atoms with van der Waals surface area (Å²) in [4.78, 5) is 17.3. The predicted octanol–water partition coefficient (Wildman–Crippen LogP) is 2.67. The summed E-state index contributed by atoms with van der Waals surface area (Å²) >= 11 is 0. The first-order valence-electron chi connectivity index (χ1n) is 9.86. The van der Waals surface area contributed by atoms with E-state index in [-0.39, 0.29) is 5.91 Å². The summed E-state index contributed by atoms with van der Waals surface area (Å²) in [5, 5.41) is 0. The van der Waals surface area contributed by atoms with Crippen molar-refractivity contribution in [3.8, 4) is 5.75 Å². The van der Waals surface area contributed by atoms with E-state index in [9.17, 15) is 13.2 Å². The first-order chi connectivity index (χ1) is 14.1. The maximum Gasteiger partial charge on any atom is 0.257 e. The summed E-state index contributed by atoms with van der Waals surface area (Å²) in [5.41, 5.74) is 4.51. The number of piperazine rings is 1. The molecule has 2 aromatic rings. The largest absolute Gasteiger partial charge is 0.496 e. The van der Waals surface area contributed by atoms with Gasteiger partial charge in [0, 0.05) is 38.9 Å². The Hall–Kier alpha value is -2.74. The molecular formula is C22H29N3O4S. The van der Waals surface area contributed by atoms with Crippen LogP contribution in [-0.2, 0) is 10.0 Å². The van der Waals surface area contributed by atoms with Crippen molar-refractivity contribution >= 4 is 27.3 Å². The van der Waals surface area contributed by atoms with E-state index in [2.05, 4.69) is 36.9 Å². The minimum absolute atomic E-state index is 0.156. The smallest absolute Gasteiger partial charge is 0.257 e. The zero-order valence-electron chi connectivity index (χ0n) is 18.2. The van der Waals surface area contributed by atoms with Gasteiger partial charge in [-0.2, -0.15) is 0 Å². The highest BCUT2D eigenvalue weighted by atomic mass is 32.2. The van der Waals surface area contributed by atoms with Crippen molar-refractivity contribution in [1.82, 2.24) is 4.90 Å². The van der Waals surface area contributed by atoms with E-state index in [4.69, 9.17) is 4.74 Å². The molecule has 0 N–H and O–H groups in total. The molecule has 2 aromatic carbocycles. The molecule has 1 aliphatic rings. The van der Waals surface area contributed by atoms with Crippen LogP contribution in [0.2, 0.25) is 0 Å². The third-order valence-corrected chi connectivity index (χ3v) is 6.96. The van der Waals surface area contributed by atoms with E-state index in [1.807, 2.05) is 0 Å². The Morgan fingerprint density at radius 2 is 1.73 bits per heavy atom. The molecule has 0 aliphatic carbocycles. The van der Waals surface area contributed by atoms with Crippen LogP contribution in [0.25, 0.3) is 0 Å². The van der Waals surface area contributed by atoms with Gasteiger partial charge in [0.05, 0.1) is 24.6 Å². The Balaban J connectivity index is 1.80. The molecule has 7 nitrogen and oxygen atoms in total. The zero-order chi connectivity index (χ0) is 22.1. The van der Waals surface area contributed by atoms with Crippen molar-refractivity contribution < 1.29 is 17.9 Å².